The van der Waals surface area contributed by atoms with Gasteiger partial charge in [-0.25, -0.2) is 0 Å². The van der Waals surface area contributed by atoms with Crippen molar-refractivity contribution < 1.29 is 9.47 Å². The third-order valence-corrected chi connectivity index (χ3v) is 3.79. The van der Waals surface area contributed by atoms with Crippen molar-refractivity contribution in [3.8, 4) is 11.5 Å². The van der Waals surface area contributed by atoms with E-state index >= 15 is 0 Å². The minimum atomic E-state index is 0.657. The molecule has 0 fully saturated rings. The van der Waals surface area contributed by atoms with E-state index in [0.717, 1.165) is 29.9 Å². The molecule has 0 aliphatic heterocycles. The van der Waals surface area contributed by atoms with E-state index in [1.54, 1.807) is 7.11 Å². The van der Waals surface area contributed by atoms with Crippen molar-refractivity contribution in [1.82, 2.24) is 0 Å². The molecule has 0 bridgehead atoms. The zero-order valence-electron chi connectivity index (χ0n) is 10.8. The van der Waals surface area contributed by atoms with Gasteiger partial charge in [0.1, 0.15) is 0 Å². The molecule has 0 heterocycles. The number of alkyl halides is 1. The zero-order valence-corrected chi connectivity index (χ0v) is 12.4. The van der Waals surface area contributed by atoms with Crippen molar-refractivity contribution in [3.63, 3.8) is 0 Å². The average Bonchev–Trinajstić information content (AvgIpc) is 2.34. The molecule has 1 rings (SSSR count). The second-order valence-electron chi connectivity index (χ2n) is 4.45. The summed E-state index contributed by atoms with van der Waals surface area (Å²) in [5.74, 6) is 2.96. The molecule has 1 atom stereocenters. The molecule has 0 saturated heterocycles. The molecule has 0 amide bonds. The Balaban J connectivity index is 2.45. The Labute approximate surface area is 112 Å². The van der Waals surface area contributed by atoms with E-state index in [-0.39, 0.29) is 0 Å². The number of rotatable bonds is 7. The van der Waals surface area contributed by atoms with Gasteiger partial charge in [0.15, 0.2) is 11.5 Å². The van der Waals surface area contributed by atoms with Crippen LogP contribution in [0.3, 0.4) is 0 Å². The quantitative estimate of drug-likeness (QED) is 0.705. The molecule has 3 heteroatoms. The van der Waals surface area contributed by atoms with Crippen LogP contribution >= 0.6 is 15.9 Å². The first-order chi connectivity index (χ1) is 8.19. The number of benzene rings is 1. The number of hydrogen-bond donors (Lipinski definition) is 0. The van der Waals surface area contributed by atoms with Crippen LogP contribution in [0.4, 0.5) is 0 Å². The van der Waals surface area contributed by atoms with Crippen molar-refractivity contribution in [2.75, 3.05) is 19.0 Å². The Morgan fingerprint density at radius 2 is 1.82 bits per heavy atom. The van der Waals surface area contributed by atoms with Crippen molar-refractivity contribution in [2.24, 2.45) is 11.8 Å². The lowest BCUT2D eigenvalue weighted by Gasteiger charge is -2.18. The molecular weight excluding hydrogens is 280 g/mol. The van der Waals surface area contributed by atoms with Gasteiger partial charge in [-0.05, 0) is 30.4 Å². The van der Waals surface area contributed by atoms with Gasteiger partial charge >= 0.3 is 0 Å². The molecule has 1 aromatic carbocycles. The summed E-state index contributed by atoms with van der Waals surface area (Å²) in [6.07, 6.45) is 1.06. The smallest absolute Gasteiger partial charge is 0.161 e. The number of halogens is 1. The summed E-state index contributed by atoms with van der Waals surface area (Å²) in [5.41, 5.74) is 0. The third-order valence-electron chi connectivity index (χ3n) is 2.96. The van der Waals surface area contributed by atoms with Gasteiger partial charge in [-0.15, -0.1) is 0 Å². The highest BCUT2D eigenvalue weighted by molar-refractivity contribution is 9.09. The van der Waals surface area contributed by atoms with Crippen LogP contribution in [0.15, 0.2) is 24.3 Å². The first-order valence-corrected chi connectivity index (χ1v) is 7.13. The van der Waals surface area contributed by atoms with Gasteiger partial charge < -0.3 is 9.47 Å². The van der Waals surface area contributed by atoms with E-state index in [4.69, 9.17) is 9.47 Å². The highest BCUT2D eigenvalue weighted by Crippen LogP contribution is 2.26. The lowest BCUT2D eigenvalue weighted by atomic mass is 9.95. The molecule has 17 heavy (non-hydrogen) atoms. The molecule has 96 valence electrons. The van der Waals surface area contributed by atoms with Gasteiger partial charge in [-0.2, -0.15) is 0 Å². The first-order valence-electron chi connectivity index (χ1n) is 6.00. The summed E-state index contributed by atoms with van der Waals surface area (Å²) in [5, 5.41) is 1.03. The van der Waals surface area contributed by atoms with Crippen LogP contribution in [-0.4, -0.2) is 19.0 Å². The van der Waals surface area contributed by atoms with E-state index in [1.165, 1.54) is 0 Å². The maximum atomic E-state index is 5.76. The highest BCUT2D eigenvalue weighted by atomic mass is 79.9. The Morgan fingerprint density at radius 1 is 1.18 bits per heavy atom. The van der Waals surface area contributed by atoms with E-state index in [0.29, 0.717) is 11.8 Å². The SMILES string of the molecule is COc1ccccc1OCCC(CBr)C(C)C. The summed E-state index contributed by atoms with van der Waals surface area (Å²) in [6, 6.07) is 7.76. The fraction of sp³-hybridized carbons (Fsp3) is 0.571. The van der Waals surface area contributed by atoms with Gasteiger partial charge in [0, 0.05) is 5.33 Å². The molecule has 0 aliphatic rings. The molecule has 0 radical (unpaired) electrons. The van der Waals surface area contributed by atoms with Crippen LogP contribution in [-0.2, 0) is 0 Å². The van der Waals surface area contributed by atoms with Crippen LogP contribution in [0.5, 0.6) is 11.5 Å². The Hall–Kier alpha value is -0.700. The Kier molecular flexibility index (Phi) is 6.41. The standard InChI is InChI=1S/C14H21BrO2/c1-11(2)12(10-15)8-9-17-14-7-5-4-6-13(14)16-3/h4-7,11-12H,8-10H2,1-3H3. The van der Waals surface area contributed by atoms with Crippen molar-refractivity contribution in [3.05, 3.63) is 24.3 Å². The summed E-state index contributed by atoms with van der Waals surface area (Å²) in [6.45, 7) is 5.22. The normalized spacial score (nSPS) is 12.5. The van der Waals surface area contributed by atoms with Crippen molar-refractivity contribution in [2.45, 2.75) is 20.3 Å². The van der Waals surface area contributed by atoms with Gasteiger partial charge in [0.25, 0.3) is 0 Å². The highest BCUT2D eigenvalue weighted by Gasteiger charge is 2.12. The maximum absolute atomic E-state index is 5.76. The lowest BCUT2D eigenvalue weighted by molar-refractivity contribution is 0.251. The summed E-state index contributed by atoms with van der Waals surface area (Å²) >= 11 is 3.55. The van der Waals surface area contributed by atoms with E-state index < -0.39 is 0 Å². The van der Waals surface area contributed by atoms with Gasteiger partial charge in [0.2, 0.25) is 0 Å². The molecular formula is C14H21BrO2. The van der Waals surface area contributed by atoms with Crippen molar-refractivity contribution in [1.29, 1.82) is 0 Å². The van der Waals surface area contributed by atoms with Gasteiger partial charge in [0.05, 0.1) is 13.7 Å². The lowest BCUT2D eigenvalue weighted by Crippen LogP contribution is -2.14. The van der Waals surface area contributed by atoms with Crippen LogP contribution in [0.25, 0.3) is 0 Å². The van der Waals surface area contributed by atoms with Gasteiger partial charge in [-0.1, -0.05) is 41.9 Å². The predicted molar refractivity (Wildman–Crippen MR) is 75.2 cm³/mol. The number of ether oxygens (including phenoxy) is 2. The monoisotopic (exact) mass is 300 g/mol. The first kappa shape index (κ1) is 14.4. The Morgan fingerprint density at radius 3 is 2.35 bits per heavy atom. The van der Waals surface area contributed by atoms with Gasteiger partial charge in [-0.3, -0.25) is 0 Å². The fourth-order valence-corrected chi connectivity index (χ4v) is 2.72. The van der Waals surface area contributed by atoms with Crippen LogP contribution < -0.4 is 9.47 Å². The maximum Gasteiger partial charge on any atom is 0.161 e. The molecule has 0 aliphatic carbocycles. The van der Waals surface area contributed by atoms with Crippen LogP contribution in [0.2, 0.25) is 0 Å². The topological polar surface area (TPSA) is 18.5 Å². The minimum absolute atomic E-state index is 0.657. The number of para-hydroxylation sites is 2. The largest absolute Gasteiger partial charge is 0.493 e. The molecule has 2 nitrogen and oxygen atoms in total. The zero-order chi connectivity index (χ0) is 12.7. The summed E-state index contributed by atoms with van der Waals surface area (Å²) < 4.78 is 11.0. The summed E-state index contributed by atoms with van der Waals surface area (Å²) in [4.78, 5) is 0. The Bertz CT molecular complexity index is 326. The van der Waals surface area contributed by atoms with E-state index in [1.807, 2.05) is 24.3 Å². The molecule has 0 spiro atoms. The second kappa shape index (κ2) is 7.59. The van der Waals surface area contributed by atoms with Crippen LogP contribution in [0.1, 0.15) is 20.3 Å². The molecule has 0 saturated carbocycles. The number of hydrogen-bond acceptors (Lipinski definition) is 2. The van der Waals surface area contributed by atoms with E-state index in [2.05, 4.69) is 29.8 Å². The fourth-order valence-electron chi connectivity index (χ4n) is 1.65. The van der Waals surface area contributed by atoms with E-state index in [9.17, 15) is 0 Å². The minimum Gasteiger partial charge on any atom is -0.493 e. The summed E-state index contributed by atoms with van der Waals surface area (Å²) in [7, 11) is 1.66. The predicted octanol–water partition coefficient (Wildman–Crippen LogP) is 4.13. The van der Waals surface area contributed by atoms with Crippen molar-refractivity contribution >= 4 is 15.9 Å². The molecule has 1 aromatic rings. The second-order valence-corrected chi connectivity index (χ2v) is 5.09. The molecule has 1 unspecified atom stereocenters. The van der Waals surface area contributed by atoms with Crippen LogP contribution in [0, 0.1) is 11.8 Å². The molecule has 0 aromatic heterocycles. The molecule has 0 N–H and O–H groups in total. The third kappa shape index (κ3) is 4.58. The average molecular weight is 301 g/mol. The number of methoxy groups -OCH3 is 1.